The molecule has 0 amide bonds. The Morgan fingerprint density at radius 1 is 1.43 bits per heavy atom. The molecular formula is C14H16ClN3O3S2. The van der Waals surface area contributed by atoms with Gasteiger partial charge >= 0.3 is 0 Å². The highest BCUT2D eigenvalue weighted by Crippen LogP contribution is 2.40. The highest BCUT2D eigenvalue weighted by Gasteiger charge is 2.39. The van der Waals surface area contributed by atoms with Crippen LogP contribution in [0, 0.1) is 0 Å². The van der Waals surface area contributed by atoms with E-state index in [1.165, 1.54) is 0 Å². The third-order valence-corrected chi connectivity index (χ3v) is 7.92. The van der Waals surface area contributed by atoms with Crippen LogP contribution in [0.4, 0.5) is 5.82 Å². The molecule has 1 saturated carbocycles. The number of hydrogen-bond donors (Lipinski definition) is 0. The SMILES string of the molecule is C[C@@H]1COCCN1c1cc(S(=O)(=O)C2CC2)c2snc(Cl)c2n1. The van der Waals surface area contributed by atoms with E-state index in [1.54, 1.807) is 6.07 Å². The summed E-state index contributed by atoms with van der Waals surface area (Å²) in [4.78, 5) is 6.98. The zero-order valence-electron chi connectivity index (χ0n) is 12.5. The number of fused-ring (bicyclic) bond motifs is 1. The highest BCUT2D eigenvalue weighted by atomic mass is 35.5. The van der Waals surface area contributed by atoms with Crippen LogP contribution in [0.25, 0.3) is 10.2 Å². The second-order valence-corrected chi connectivity index (χ2v) is 9.32. The molecule has 0 radical (unpaired) electrons. The first-order valence-electron chi connectivity index (χ1n) is 7.52. The molecule has 0 unspecified atom stereocenters. The molecule has 2 aromatic heterocycles. The second kappa shape index (κ2) is 5.54. The molecule has 1 aliphatic heterocycles. The molecule has 0 aromatic carbocycles. The average molecular weight is 374 g/mol. The molecule has 2 aromatic rings. The number of anilines is 1. The first-order valence-corrected chi connectivity index (χ1v) is 10.2. The van der Waals surface area contributed by atoms with Crippen LogP contribution in [0.2, 0.25) is 5.15 Å². The molecule has 2 aliphatic rings. The molecule has 3 heterocycles. The second-order valence-electron chi connectivity index (χ2n) is 5.99. The third-order valence-electron chi connectivity index (χ3n) is 4.27. The molecule has 23 heavy (non-hydrogen) atoms. The number of nitrogens with zero attached hydrogens (tertiary/aromatic N) is 3. The number of rotatable bonds is 3. The molecule has 124 valence electrons. The molecule has 4 rings (SSSR count). The topological polar surface area (TPSA) is 72.4 Å². The van der Waals surface area contributed by atoms with Crippen molar-refractivity contribution in [3.63, 3.8) is 0 Å². The summed E-state index contributed by atoms with van der Waals surface area (Å²) >= 11 is 7.24. The van der Waals surface area contributed by atoms with Gasteiger partial charge in [-0.1, -0.05) is 11.6 Å². The minimum absolute atomic E-state index is 0.135. The fourth-order valence-corrected chi connectivity index (χ4v) is 5.97. The predicted octanol–water partition coefficient (Wildman–Crippen LogP) is 2.51. The third kappa shape index (κ3) is 2.61. The van der Waals surface area contributed by atoms with E-state index in [1.807, 2.05) is 6.92 Å². The average Bonchev–Trinajstić information content (AvgIpc) is 3.33. The van der Waals surface area contributed by atoms with Crippen molar-refractivity contribution < 1.29 is 13.2 Å². The van der Waals surface area contributed by atoms with E-state index in [0.717, 1.165) is 24.4 Å². The lowest BCUT2D eigenvalue weighted by molar-refractivity contribution is 0.0985. The van der Waals surface area contributed by atoms with Gasteiger partial charge in [-0.25, -0.2) is 13.4 Å². The summed E-state index contributed by atoms with van der Waals surface area (Å²) in [7, 11) is -3.34. The Labute approximate surface area is 143 Å². The summed E-state index contributed by atoms with van der Waals surface area (Å²) < 4.78 is 35.7. The first-order chi connectivity index (χ1) is 11.0. The summed E-state index contributed by atoms with van der Waals surface area (Å²) in [6.07, 6.45) is 1.45. The van der Waals surface area contributed by atoms with Crippen LogP contribution >= 0.6 is 23.1 Å². The Balaban J connectivity index is 1.91. The van der Waals surface area contributed by atoms with E-state index in [2.05, 4.69) is 14.3 Å². The molecule has 2 fully saturated rings. The molecule has 0 bridgehead atoms. The Morgan fingerprint density at radius 3 is 2.91 bits per heavy atom. The number of morpholine rings is 1. The van der Waals surface area contributed by atoms with Gasteiger partial charge in [0.25, 0.3) is 0 Å². The van der Waals surface area contributed by atoms with Crippen LogP contribution in [-0.4, -0.2) is 48.8 Å². The lowest BCUT2D eigenvalue weighted by Gasteiger charge is -2.34. The molecule has 0 spiro atoms. The minimum atomic E-state index is -3.34. The summed E-state index contributed by atoms with van der Waals surface area (Å²) in [6, 6.07) is 1.82. The van der Waals surface area contributed by atoms with Gasteiger partial charge in [-0.15, -0.1) is 0 Å². The molecule has 0 N–H and O–H groups in total. The van der Waals surface area contributed by atoms with Crippen molar-refractivity contribution in [3.8, 4) is 0 Å². The number of aromatic nitrogens is 2. The van der Waals surface area contributed by atoms with E-state index < -0.39 is 9.84 Å². The monoisotopic (exact) mass is 373 g/mol. The molecule has 6 nitrogen and oxygen atoms in total. The maximum absolute atomic E-state index is 12.8. The lowest BCUT2D eigenvalue weighted by Crippen LogP contribution is -2.44. The summed E-state index contributed by atoms with van der Waals surface area (Å²) in [5.74, 6) is 0.634. The van der Waals surface area contributed by atoms with Crippen LogP contribution in [0.5, 0.6) is 0 Å². The van der Waals surface area contributed by atoms with E-state index in [4.69, 9.17) is 16.3 Å². The maximum Gasteiger partial charge on any atom is 0.182 e. The maximum atomic E-state index is 12.8. The van der Waals surface area contributed by atoms with Gasteiger partial charge in [0, 0.05) is 12.6 Å². The van der Waals surface area contributed by atoms with Crippen molar-refractivity contribution in [2.24, 2.45) is 0 Å². The lowest BCUT2D eigenvalue weighted by atomic mass is 10.2. The van der Waals surface area contributed by atoms with Gasteiger partial charge in [0.1, 0.15) is 11.3 Å². The van der Waals surface area contributed by atoms with Crippen LogP contribution in [-0.2, 0) is 14.6 Å². The quantitative estimate of drug-likeness (QED) is 0.823. The van der Waals surface area contributed by atoms with Crippen molar-refractivity contribution >= 4 is 49.0 Å². The van der Waals surface area contributed by atoms with Crippen molar-refractivity contribution in [1.29, 1.82) is 0 Å². The summed E-state index contributed by atoms with van der Waals surface area (Å²) in [5, 5.41) is -0.0102. The zero-order chi connectivity index (χ0) is 16.2. The van der Waals surface area contributed by atoms with Crippen molar-refractivity contribution in [1.82, 2.24) is 9.36 Å². The van der Waals surface area contributed by atoms with Gasteiger partial charge < -0.3 is 9.64 Å². The fraction of sp³-hybridized carbons (Fsp3) is 0.571. The molecular weight excluding hydrogens is 358 g/mol. The first kappa shape index (κ1) is 15.6. The Bertz CT molecular complexity index is 864. The van der Waals surface area contributed by atoms with Crippen LogP contribution in [0.3, 0.4) is 0 Å². The Morgan fingerprint density at radius 2 is 2.22 bits per heavy atom. The van der Waals surface area contributed by atoms with Gasteiger partial charge in [0.2, 0.25) is 0 Å². The van der Waals surface area contributed by atoms with Gasteiger partial charge in [0.05, 0.1) is 34.1 Å². The van der Waals surface area contributed by atoms with Crippen LogP contribution < -0.4 is 4.90 Å². The van der Waals surface area contributed by atoms with Crippen molar-refractivity contribution in [3.05, 3.63) is 11.2 Å². The van der Waals surface area contributed by atoms with Crippen molar-refractivity contribution in [2.45, 2.75) is 36.0 Å². The van der Waals surface area contributed by atoms with E-state index in [9.17, 15) is 8.42 Å². The molecule has 9 heteroatoms. The van der Waals surface area contributed by atoms with E-state index >= 15 is 0 Å². The van der Waals surface area contributed by atoms with E-state index in [0.29, 0.717) is 40.7 Å². The Kier molecular flexibility index (Phi) is 3.75. The minimum Gasteiger partial charge on any atom is -0.377 e. The summed E-state index contributed by atoms with van der Waals surface area (Å²) in [6.45, 7) is 3.91. The smallest absolute Gasteiger partial charge is 0.182 e. The number of hydrogen-bond acceptors (Lipinski definition) is 7. The van der Waals surface area contributed by atoms with Crippen molar-refractivity contribution in [2.75, 3.05) is 24.7 Å². The van der Waals surface area contributed by atoms with Gasteiger partial charge in [-0.3, -0.25) is 0 Å². The molecule has 1 atom stereocenters. The van der Waals surface area contributed by atoms with Gasteiger partial charge in [0.15, 0.2) is 15.0 Å². The summed E-state index contributed by atoms with van der Waals surface area (Å²) in [5.41, 5.74) is 0.479. The fourth-order valence-electron chi connectivity index (χ4n) is 2.84. The number of ether oxygens (including phenoxy) is 1. The van der Waals surface area contributed by atoms with Crippen LogP contribution in [0.1, 0.15) is 19.8 Å². The van der Waals surface area contributed by atoms with Gasteiger partial charge in [-0.05, 0) is 31.3 Å². The number of halogens is 1. The Hall–Kier alpha value is -0.960. The van der Waals surface area contributed by atoms with Crippen LogP contribution in [0.15, 0.2) is 11.0 Å². The molecule has 1 saturated heterocycles. The standard InChI is InChI=1S/C14H16ClN3O3S2/c1-8-7-21-5-4-18(8)11-6-10(23(19,20)9-2-3-9)13-12(16-11)14(15)17-22-13/h6,8-9H,2-5,7H2,1H3/t8-/m1/s1. The highest BCUT2D eigenvalue weighted by molar-refractivity contribution is 7.92. The van der Waals surface area contributed by atoms with E-state index in [-0.39, 0.29) is 16.4 Å². The predicted molar refractivity (Wildman–Crippen MR) is 90.3 cm³/mol. The molecule has 1 aliphatic carbocycles. The number of sulfone groups is 1. The normalized spacial score (nSPS) is 22.7. The van der Waals surface area contributed by atoms with Gasteiger partial charge in [-0.2, -0.15) is 4.37 Å². The largest absolute Gasteiger partial charge is 0.377 e. The number of pyridine rings is 1. The zero-order valence-corrected chi connectivity index (χ0v) is 14.9.